The van der Waals surface area contributed by atoms with Crippen LogP contribution in [0.4, 0.5) is 0 Å². The summed E-state index contributed by atoms with van der Waals surface area (Å²) in [5, 5.41) is 11.5. The monoisotopic (exact) mass is 278 g/mol. The number of carbonyl (C=O) groups is 3. The molecule has 2 N–H and O–H groups in total. The molecule has 20 heavy (non-hydrogen) atoms. The molecule has 6 heteroatoms. The number of hydrogen-bond donors (Lipinski definition) is 2. The van der Waals surface area contributed by atoms with Gasteiger partial charge in [-0.15, -0.1) is 0 Å². The first kappa shape index (κ1) is 15.7. The van der Waals surface area contributed by atoms with Gasteiger partial charge in [-0.05, 0) is 30.7 Å². The highest BCUT2D eigenvalue weighted by Crippen LogP contribution is 2.07. The Labute approximate surface area is 117 Å². The van der Waals surface area contributed by atoms with Crippen molar-refractivity contribution in [3.05, 3.63) is 35.4 Å². The summed E-state index contributed by atoms with van der Waals surface area (Å²) in [6, 6.07) is 5.60. The molecule has 0 aliphatic rings. The number of aromatic carboxylic acids is 1. The van der Waals surface area contributed by atoms with E-state index in [0.29, 0.717) is 12.1 Å². The van der Waals surface area contributed by atoms with Gasteiger partial charge in [0.2, 0.25) is 5.91 Å². The minimum absolute atomic E-state index is 0.0283. The van der Waals surface area contributed by atoms with Crippen molar-refractivity contribution >= 4 is 17.8 Å². The second-order valence-electron chi connectivity index (χ2n) is 4.39. The highest BCUT2D eigenvalue weighted by molar-refractivity contribution is 5.97. The quantitative estimate of drug-likeness (QED) is 0.812. The van der Waals surface area contributed by atoms with Gasteiger partial charge >= 0.3 is 5.97 Å². The van der Waals surface area contributed by atoms with Crippen LogP contribution in [0.5, 0.6) is 0 Å². The molecule has 6 nitrogen and oxygen atoms in total. The number of nitrogens with zero attached hydrogens (tertiary/aromatic N) is 1. The molecule has 2 amide bonds. The molecule has 0 saturated carbocycles. The van der Waals surface area contributed by atoms with E-state index in [9.17, 15) is 14.4 Å². The van der Waals surface area contributed by atoms with E-state index in [1.165, 1.54) is 36.2 Å². The Morgan fingerprint density at radius 3 is 2.20 bits per heavy atom. The molecule has 108 valence electrons. The summed E-state index contributed by atoms with van der Waals surface area (Å²) in [4.78, 5) is 35.5. The molecule has 0 aliphatic heterocycles. The second-order valence-corrected chi connectivity index (χ2v) is 4.39. The number of hydrogen-bond acceptors (Lipinski definition) is 3. The molecule has 0 atom stereocenters. The number of nitrogens with one attached hydrogen (secondary N) is 1. The first-order valence-electron chi connectivity index (χ1n) is 6.31. The average Bonchev–Trinajstić information content (AvgIpc) is 2.44. The molecular formula is C14H18N2O4. The van der Waals surface area contributed by atoms with Gasteiger partial charge in [-0.25, -0.2) is 4.79 Å². The standard InChI is InChI=1S/C14H18N2O4/c1-3-8-15-12(17)9-16(2)13(18)10-4-6-11(7-5-10)14(19)20/h4-7H,3,8-9H2,1-2H3,(H,15,17)(H,19,20). The van der Waals surface area contributed by atoms with E-state index in [1.807, 2.05) is 6.92 Å². The number of carboxylic acids is 1. The summed E-state index contributed by atoms with van der Waals surface area (Å²) in [6.45, 7) is 2.49. The van der Waals surface area contributed by atoms with E-state index in [0.717, 1.165) is 6.42 Å². The zero-order valence-electron chi connectivity index (χ0n) is 11.5. The van der Waals surface area contributed by atoms with Crippen LogP contribution in [0.3, 0.4) is 0 Å². The van der Waals surface area contributed by atoms with Gasteiger partial charge < -0.3 is 15.3 Å². The molecule has 0 spiro atoms. The fourth-order valence-corrected chi connectivity index (χ4v) is 1.58. The first-order chi connectivity index (χ1) is 9.45. The number of carboxylic acid groups (broad SMARTS) is 1. The van der Waals surface area contributed by atoms with Crippen molar-refractivity contribution in [3.8, 4) is 0 Å². The lowest BCUT2D eigenvalue weighted by atomic mass is 10.1. The minimum atomic E-state index is -1.05. The summed E-state index contributed by atoms with van der Waals surface area (Å²) < 4.78 is 0. The highest BCUT2D eigenvalue weighted by Gasteiger charge is 2.15. The molecule has 0 fully saturated rings. The van der Waals surface area contributed by atoms with Crippen molar-refractivity contribution < 1.29 is 19.5 Å². The summed E-state index contributed by atoms with van der Waals surface area (Å²) in [7, 11) is 1.53. The Kier molecular flexibility index (Phi) is 5.71. The maximum atomic E-state index is 12.0. The van der Waals surface area contributed by atoms with Crippen LogP contribution in [0.1, 0.15) is 34.1 Å². The van der Waals surface area contributed by atoms with Gasteiger partial charge in [0.15, 0.2) is 0 Å². The fourth-order valence-electron chi connectivity index (χ4n) is 1.58. The lowest BCUT2D eigenvalue weighted by Gasteiger charge is -2.16. The molecule has 1 aromatic carbocycles. The van der Waals surface area contributed by atoms with Crippen LogP contribution in [-0.2, 0) is 4.79 Å². The predicted octanol–water partition coefficient (Wildman–Crippen LogP) is 0.983. The van der Waals surface area contributed by atoms with Crippen molar-refractivity contribution in [2.45, 2.75) is 13.3 Å². The Morgan fingerprint density at radius 2 is 1.70 bits per heavy atom. The number of amides is 2. The van der Waals surface area contributed by atoms with Crippen molar-refractivity contribution in [2.75, 3.05) is 20.1 Å². The van der Waals surface area contributed by atoms with E-state index < -0.39 is 5.97 Å². The van der Waals surface area contributed by atoms with E-state index in [-0.39, 0.29) is 23.9 Å². The molecular weight excluding hydrogens is 260 g/mol. The van der Waals surface area contributed by atoms with Crippen LogP contribution in [0.25, 0.3) is 0 Å². The van der Waals surface area contributed by atoms with Gasteiger partial charge in [0, 0.05) is 19.2 Å². The number of carbonyl (C=O) groups excluding carboxylic acids is 2. The maximum Gasteiger partial charge on any atom is 0.335 e. The first-order valence-corrected chi connectivity index (χ1v) is 6.31. The van der Waals surface area contributed by atoms with Gasteiger partial charge in [0.25, 0.3) is 5.91 Å². The Morgan fingerprint density at radius 1 is 1.15 bits per heavy atom. The van der Waals surface area contributed by atoms with Gasteiger partial charge in [-0.1, -0.05) is 6.92 Å². The third-order valence-electron chi connectivity index (χ3n) is 2.68. The lowest BCUT2D eigenvalue weighted by Crippen LogP contribution is -2.38. The highest BCUT2D eigenvalue weighted by atomic mass is 16.4. The molecule has 1 aromatic rings. The van der Waals surface area contributed by atoms with Crippen molar-refractivity contribution in [2.24, 2.45) is 0 Å². The molecule has 0 aliphatic carbocycles. The second kappa shape index (κ2) is 7.28. The summed E-state index contributed by atoms with van der Waals surface area (Å²) in [6.07, 6.45) is 0.833. The zero-order chi connectivity index (χ0) is 15.1. The zero-order valence-corrected chi connectivity index (χ0v) is 11.5. The van der Waals surface area contributed by atoms with Crippen LogP contribution < -0.4 is 5.32 Å². The molecule has 0 heterocycles. The third kappa shape index (κ3) is 4.38. The largest absolute Gasteiger partial charge is 0.478 e. The Hall–Kier alpha value is -2.37. The van der Waals surface area contributed by atoms with Crippen LogP contribution in [0.2, 0.25) is 0 Å². The van der Waals surface area contributed by atoms with Gasteiger partial charge in [-0.2, -0.15) is 0 Å². The molecule has 0 saturated heterocycles. The Bertz CT molecular complexity index is 496. The average molecular weight is 278 g/mol. The van der Waals surface area contributed by atoms with Crippen LogP contribution in [0.15, 0.2) is 24.3 Å². The van der Waals surface area contributed by atoms with E-state index in [2.05, 4.69) is 5.32 Å². The van der Waals surface area contributed by atoms with Crippen LogP contribution in [0, 0.1) is 0 Å². The molecule has 0 radical (unpaired) electrons. The SMILES string of the molecule is CCCNC(=O)CN(C)C(=O)c1ccc(C(=O)O)cc1. The minimum Gasteiger partial charge on any atom is -0.478 e. The molecule has 1 rings (SSSR count). The summed E-state index contributed by atoms with van der Waals surface area (Å²) in [5.41, 5.74) is 0.464. The van der Waals surface area contributed by atoms with Gasteiger partial charge in [0.1, 0.15) is 0 Å². The van der Waals surface area contributed by atoms with Crippen molar-refractivity contribution in [1.82, 2.24) is 10.2 Å². The van der Waals surface area contributed by atoms with Crippen LogP contribution >= 0.6 is 0 Å². The molecule has 0 bridgehead atoms. The Balaban J connectivity index is 2.64. The normalized spacial score (nSPS) is 9.90. The topological polar surface area (TPSA) is 86.7 Å². The van der Waals surface area contributed by atoms with E-state index >= 15 is 0 Å². The lowest BCUT2D eigenvalue weighted by molar-refractivity contribution is -0.121. The molecule has 0 aromatic heterocycles. The predicted molar refractivity (Wildman–Crippen MR) is 73.7 cm³/mol. The van der Waals surface area contributed by atoms with Gasteiger partial charge in [0.05, 0.1) is 12.1 Å². The number of likely N-dealkylation sites (N-methyl/N-ethyl adjacent to an activating group) is 1. The maximum absolute atomic E-state index is 12.0. The van der Waals surface area contributed by atoms with E-state index in [1.54, 1.807) is 0 Å². The van der Waals surface area contributed by atoms with Crippen molar-refractivity contribution in [1.29, 1.82) is 0 Å². The van der Waals surface area contributed by atoms with Gasteiger partial charge in [-0.3, -0.25) is 9.59 Å². The number of rotatable bonds is 6. The van der Waals surface area contributed by atoms with Crippen molar-refractivity contribution in [3.63, 3.8) is 0 Å². The molecule has 0 unspecified atom stereocenters. The fraction of sp³-hybridized carbons (Fsp3) is 0.357. The summed E-state index contributed by atoms with van der Waals surface area (Å²) in [5.74, 6) is -1.59. The summed E-state index contributed by atoms with van der Waals surface area (Å²) >= 11 is 0. The number of benzene rings is 1. The van der Waals surface area contributed by atoms with Crippen LogP contribution in [-0.4, -0.2) is 47.9 Å². The van der Waals surface area contributed by atoms with E-state index in [4.69, 9.17) is 5.11 Å². The smallest absolute Gasteiger partial charge is 0.335 e. The third-order valence-corrected chi connectivity index (χ3v) is 2.68.